The molecule has 1 aliphatic rings. The molecule has 2 aromatic rings. The number of carboxylic acids is 1. The fourth-order valence-electron chi connectivity index (χ4n) is 2.70. The van der Waals surface area contributed by atoms with Crippen LogP contribution in [0.2, 0.25) is 0 Å². The van der Waals surface area contributed by atoms with Crippen LogP contribution in [0, 0.1) is 0 Å². The minimum atomic E-state index is -0.927. The molecule has 6 heteroatoms. The van der Waals surface area contributed by atoms with Crippen molar-refractivity contribution in [1.82, 2.24) is 9.80 Å². The molecule has 0 fully saturated rings. The van der Waals surface area contributed by atoms with E-state index in [-0.39, 0.29) is 6.54 Å². The van der Waals surface area contributed by atoms with Crippen molar-refractivity contribution in [2.45, 2.75) is 6.42 Å². The molecule has 1 aliphatic heterocycles. The number of carbonyl (C=O) groups is 1. The van der Waals surface area contributed by atoms with Gasteiger partial charge in [0, 0.05) is 6.54 Å². The summed E-state index contributed by atoms with van der Waals surface area (Å²) in [7, 11) is 0. The van der Waals surface area contributed by atoms with Gasteiger partial charge in [0.2, 0.25) is 0 Å². The van der Waals surface area contributed by atoms with Crippen molar-refractivity contribution < 1.29 is 9.90 Å². The van der Waals surface area contributed by atoms with Crippen molar-refractivity contribution in [3.8, 4) is 0 Å². The summed E-state index contributed by atoms with van der Waals surface area (Å²) in [5.41, 5.74) is 1.21. The van der Waals surface area contributed by atoms with Crippen molar-refractivity contribution >= 4 is 39.9 Å². The first kappa shape index (κ1) is 16.0. The first-order valence-corrected chi connectivity index (χ1v) is 8.05. The molecule has 0 radical (unpaired) electrons. The Morgan fingerprint density at radius 2 is 1.74 bits per heavy atom. The Balaban J connectivity index is 1.67. The number of fused-ring (bicyclic) bond motifs is 1. The van der Waals surface area contributed by atoms with Crippen LogP contribution in [0.5, 0.6) is 0 Å². The number of hydrogen-bond acceptors (Lipinski definition) is 3. The molecular weight excluding hydrogens is 335 g/mol. The van der Waals surface area contributed by atoms with E-state index in [9.17, 15) is 4.79 Å². The summed E-state index contributed by atoms with van der Waals surface area (Å²) < 4.78 is 0. The standard InChI is InChI=1S/C17H16Cl2N2O2/c18-16-17(19)21(10-15(22)23)11-20(16)8-7-12-5-6-13-3-1-2-4-14(13)9-12/h1-6,9H,7-8,10-11H2,(H,22,23). The second kappa shape index (κ2) is 6.69. The van der Waals surface area contributed by atoms with E-state index >= 15 is 0 Å². The van der Waals surface area contributed by atoms with Crippen LogP contribution in [0.25, 0.3) is 10.8 Å². The van der Waals surface area contributed by atoms with Gasteiger partial charge in [-0.05, 0) is 22.8 Å². The van der Waals surface area contributed by atoms with Gasteiger partial charge in [-0.25, -0.2) is 0 Å². The van der Waals surface area contributed by atoms with Gasteiger partial charge in [0.15, 0.2) is 0 Å². The van der Waals surface area contributed by atoms with Gasteiger partial charge in [-0.15, -0.1) is 0 Å². The number of halogens is 2. The number of aliphatic carboxylic acids is 1. The molecule has 120 valence electrons. The third-order valence-electron chi connectivity index (χ3n) is 3.88. The van der Waals surface area contributed by atoms with E-state index in [0.717, 1.165) is 6.42 Å². The third-order valence-corrected chi connectivity index (χ3v) is 4.81. The highest BCUT2D eigenvalue weighted by Crippen LogP contribution is 2.29. The van der Waals surface area contributed by atoms with Crippen LogP contribution in [-0.2, 0) is 11.2 Å². The average molecular weight is 351 g/mol. The van der Waals surface area contributed by atoms with Gasteiger partial charge in [0.05, 0.1) is 6.67 Å². The first-order chi connectivity index (χ1) is 11.0. The van der Waals surface area contributed by atoms with E-state index in [1.807, 2.05) is 17.0 Å². The molecule has 0 saturated heterocycles. The third kappa shape index (κ3) is 3.54. The van der Waals surface area contributed by atoms with E-state index in [0.29, 0.717) is 23.5 Å². The molecule has 23 heavy (non-hydrogen) atoms. The van der Waals surface area contributed by atoms with Gasteiger partial charge < -0.3 is 14.9 Å². The molecule has 1 heterocycles. The lowest BCUT2D eigenvalue weighted by atomic mass is 10.1. The Kier molecular flexibility index (Phi) is 4.64. The maximum Gasteiger partial charge on any atom is 0.323 e. The highest BCUT2D eigenvalue weighted by molar-refractivity contribution is 6.39. The molecule has 0 aromatic heterocycles. The normalized spacial score (nSPS) is 14.9. The second-order valence-corrected chi connectivity index (χ2v) is 6.23. The van der Waals surface area contributed by atoms with Crippen LogP contribution < -0.4 is 0 Å². The number of carboxylic acid groups (broad SMARTS) is 1. The van der Waals surface area contributed by atoms with E-state index in [2.05, 4.69) is 30.3 Å². The molecule has 1 N–H and O–H groups in total. The topological polar surface area (TPSA) is 43.8 Å². The van der Waals surface area contributed by atoms with E-state index in [4.69, 9.17) is 28.3 Å². The number of hydrogen-bond donors (Lipinski definition) is 1. The van der Waals surface area contributed by atoms with Gasteiger partial charge in [0.1, 0.15) is 16.9 Å². The Morgan fingerprint density at radius 3 is 2.48 bits per heavy atom. The van der Waals surface area contributed by atoms with Crippen LogP contribution in [0.15, 0.2) is 52.8 Å². The fraction of sp³-hybridized carbons (Fsp3) is 0.235. The molecule has 0 spiro atoms. The van der Waals surface area contributed by atoms with Crippen molar-refractivity contribution in [1.29, 1.82) is 0 Å². The minimum Gasteiger partial charge on any atom is -0.480 e. The lowest BCUT2D eigenvalue weighted by molar-refractivity contribution is -0.137. The lowest BCUT2D eigenvalue weighted by Crippen LogP contribution is -2.32. The van der Waals surface area contributed by atoms with Crippen LogP contribution in [0.1, 0.15) is 5.56 Å². The average Bonchev–Trinajstić information content (AvgIpc) is 2.80. The van der Waals surface area contributed by atoms with Gasteiger partial charge in [0.25, 0.3) is 0 Å². The number of benzene rings is 2. The predicted octanol–water partition coefficient (Wildman–Crippen LogP) is 3.65. The summed E-state index contributed by atoms with van der Waals surface area (Å²) >= 11 is 12.3. The summed E-state index contributed by atoms with van der Waals surface area (Å²) in [6, 6.07) is 14.6. The molecule has 0 unspecified atom stereocenters. The Labute approximate surface area is 144 Å². The van der Waals surface area contributed by atoms with Gasteiger partial charge in [-0.1, -0.05) is 65.7 Å². The minimum absolute atomic E-state index is 0.151. The highest BCUT2D eigenvalue weighted by Gasteiger charge is 2.27. The van der Waals surface area contributed by atoms with Crippen molar-refractivity contribution in [2.75, 3.05) is 19.8 Å². The van der Waals surface area contributed by atoms with Crippen molar-refractivity contribution in [3.63, 3.8) is 0 Å². The van der Waals surface area contributed by atoms with Crippen LogP contribution >= 0.6 is 23.2 Å². The van der Waals surface area contributed by atoms with Crippen LogP contribution in [0.3, 0.4) is 0 Å². The van der Waals surface area contributed by atoms with Crippen molar-refractivity contribution in [3.05, 3.63) is 58.3 Å². The zero-order chi connectivity index (χ0) is 16.4. The summed E-state index contributed by atoms with van der Waals surface area (Å²) in [4.78, 5) is 14.3. The summed E-state index contributed by atoms with van der Waals surface area (Å²) in [5, 5.41) is 12.0. The monoisotopic (exact) mass is 350 g/mol. The van der Waals surface area contributed by atoms with Gasteiger partial charge >= 0.3 is 5.97 Å². The van der Waals surface area contributed by atoms with Gasteiger partial charge in [-0.3, -0.25) is 4.79 Å². The predicted molar refractivity (Wildman–Crippen MR) is 92.3 cm³/mol. The molecular formula is C17H16Cl2N2O2. The lowest BCUT2D eigenvalue weighted by Gasteiger charge is -2.21. The molecule has 0 aliphatic carbocycles. The molecule has 0 saturated carbocycles. The molecule has 0 amide bonds. The molecule has 0 bridgehead atoms. The SMILES string of the molecule is O=C(O)CN1CN(CCc2ccc3ccccc3c2)C(Cl)=C1Cl. The van der Waals surface area contributed by atoms with Gasteiger partial charge in [-0.2, -0.15) is 0 Å². The largest absolute Gasteiger partial charge is 0.480 e. The maximum atomic E-state index is 10.8. The zero-order valence-electron chi connectivity index (χ0n) is 12.4. The quantitative estimate of drug-likeness (QED) is 0.836. The van der Waals surface area contributed by atoms with E-state index in [1.54, 1.807) is 4.90 Å². The summed E-state index contributed by atoms with van der Waals surface area (Å²) in [6.45, 7) is 0.933. The smallest absolute Gasteiger partial charge is 0.323 e. The molecule has 3 rings (SSSR count). The van der Waals surface area contributed by atoms with Crippen LogP contribution in [0.4, 0.5) is 0 Å². The second-order valence-electron chi connectivity index (χ2n) is 5.51. The molecule has 2 aromatic carbocycles. The van der Waals surface area contributed by atoms with Crippen LogP contribution in [-0.4, -0.2) is 40.6 Å². The summed E-state index contributed by atoms with van der Waals surface area (Å²) in [6.07, 6.45) is 0.812. The Morgan fingerprint density at radius 1 is 1.04 bits per heavy atom. The van der Waals surface area contributed by atoms with E-state index < -0.39 is 5.97 Å². The first-order valence-electron chi connectivity index (χ1n) is 7.29. The number of rotatable bonds is 5. The highest BCUT2D eigenvalue weighted by atomic mass is 35.5. The molecule has 0 atom stereocenters. The summed E-state index contributed by atoms with van der Waals surface area (Å²) in [5.74, 6) is -0.927. The fourth-order valence-corrected chi connectivity index (χ4v) is 3.19. The van der Waals surface area contributed by atoms with E-state index in [1.165, 1.54) is 16.3 Å². The molecule has 4 nitrogen and oxygen atoms in total. The zero-order valence-corrected chi connectivity index (χ0v) is 13.9. The maximum absolute atomic E-state index is 10.8. The Hall–Kier alpha value is -1.91. The van der Waals surface area contributed by atoms with Crippen molar-refractivity contribution in [2.24, 2.45) is 0 Å². The number of nitrogens with zero attached hydrogens (tertiary/aromatic N) is 2. The Bertz CT molecular complexity index is 776.